The number of rotatable bonds is 4. The number of pyridine rings is 1. The fourth-order valence-corrected chi connectivity index (χ4v) is 2.68. The van der Waals surface area contributed by atoms with Crippen LogP contribution >= 0.6 is 0 Å². The highest BCUT2D eigenvalue weighted by Gasteiger charge is 2.23. The van der Waals surface area contributed by atoms with Gasteiger partial charge >= 0.3 is 0 Å². The first-order chi connectivity index (χ1) is 9.75. The van der Waals surface area contributed by atoms with Gasteiger partial charge < -0.3 is 10.2 Å². The number of hydrogen-bond acceptors (Lipinski definition) is 3. The Morgan fingerprint density at radius 3 is 2.57 bits per heavy atom. The van der Waals surface area contributed by atoms with Gasteiger partial charge in [0.05, 0.1) is 0 Å². The molecular weight excluding hydrogens is 258 g/mol. The highest BCUT2D eigenvalue weighted by molar-refractivity contribution is 5.45. The van der Waals surface area contributed by atoms with E-state index in [1.54, 1.807) is 0 Å². The van der Waals surface area contributed by atoms with E-state index in [9.17, 15) is 0 Å². The van der Waals surface area contributed by atoms with Gasteiger partial charge in [0, 0.05) is 36.8 Å². The van der Waals surface area contributed by atoms with Crippen LogP contribution in [0.25, 0.3) is 0 Å². The minimum Gasteiger partial charge on any atom is -0.356 e. The van der Waals surface area contributed by atoms with Crippen molar-refractivity contribution in [3.8, 4) is 0 Å². The summed E-state index contributed by atoms with van der Waals surface area (Å²) in [7, 11) is 0. The summed E-state index contributed by atoms with van der Waals surface area (Å²) in [4.78, 5) is 7.39. The topological polar surface area (TPSA) is 28.2 Å². The summed E-state index contributed by atoms with van der Waals surface area (Å²) in [6.07, 6.45) is 1.28. The summed E-state index contributed by atoms with van der Waals surface area (Å²) in [6, 6.07) is 5.03. The molecule has 2 rings (SSSR count). The van der Waals surface area contributed by atoms with Gasteiger partial charge in [-0.05, 0) is 30.0 Å². The highest BCUT2D eigenvalue weighted by atomic mass is 15.2. The van der Waals surface area contributed by atoms with Crippen LogP contribution < -0.4 is 10.2 Å². The van der Waals surface area contributed by atoms with E-state index in [1.807, 2.05) is 0 Å². The van der Waals surface area contributed by atoms with Crippen molar-refractivity contribution in [1.29, 1.82) is 0 Å². The van der Waals surface area contributed by atoms with Crippen LogP contribution in [-0.2, 0) is 12.0 Å². The van der Waals surface area contributed by atoms with Crippen molar-refractivity contribution in [3.05, 3.63) is 23.4 Å². The van der Waals surface area contributed by atoms with Crippen LogP contribution in [-0.4, -0.2) is 24.1 Å². The maximum absolute atomic E-state index is 4.95. The fourth-order valence-electron chi connectivity index (χ4n) is 2.68. The molecule has 0 saturated carbocycles. The number of nitrogens with one attached hydrogen (secondary N) is 1. The van der Waals surface area contributed by atoms with Crippen LogP contribution in [0.4, 0.5) is 5.82 Å². The van der Waals surface area contributed by atoms with Crippen molar-refractivity contribution in [1.82, 2.24) is 10.3 Å². The number of hydrogen-bond donors (Lipinski definition) is 1. The van der Waals surface area contributed by atoms with Crippen LogP contribution in [0.3, 0.4) is 0 Å². The molecule has 0 spiro atoms. The lowest BCUT2D eigenvalue weighted by atomic mass is 9.90. The molecular formula is C18H31N3. The van der Waals surface area contributed by atoms with Gasteiger partial charge in [-0.3, -0.25) is 0 Å². The zero-order valence-corrected chi connectivity index (χ0v) is 14.5. The van der Waals surface area contributed by atoms with Crippen molar-refractivity contribution in [2.75, 3.05) is 18.0 Å². The van der Waals surface area contributed by atoms with E-state index in [-0.39, 0.29) is 5.41 Å². The first kappa shape index (κ1) is 16.3. The van der Waals surface area contributed by atoms with Gasteiger partial charge in [-0.2, -0.15) is 0 Å². The van der Waals surface area contributed by atoms with E-state index in [0.717, 1.165) is 31.4 Å². The van der Waals surface area contributed by atoms with Crippen LogP contribution in [0.2, 0.25) is 0 Å². The maximum Gasteiger partial charge on any atom is 0.129 e. The Bertz CT molecular complexity index is 474. The van der Waals surface area contributed by atoms with Crippen LogP contribution in [0.5, 0.6) is 0 Å². The summed E-state index contributed by atoms with van der Waals surface area (Å²) >= 11 is 0. The third-order valence-corrected chi connectivity index (χ3v) is 4.10. The van der Waals surface area contributed by atoms with E-state index < -0.39 is 0 Å². The lowest BCUT2D eigenvalue weighted by molar-refractivity contribution is 0.560. The largest absolute Gasteiger partial charge is 0.356 e. The van der Waals surface area contributed by atoms with Crippen molar-refractivity contribution >= 4 is 5.82 Å². The van der Waals surface area contributed by atoms with E-state index in [1.165, 1.54) is 17.7 Å². The van der Waals surface area contributed by atoms with Gasteiger partial charge in [0.2, 0.25) is 0 Å². The predicted octanol–water partition coefficient (Wildman–Crippen LogP) is 3.72. The Kier molecular flexibility index (Phi) is 4.92. The summed E-state index contributed by atoms with van der Waals surface area (Å²) in [6.45, 7) is 16.6. The second kappa shape index (κ2) is 6.35. The van der Waals surface area contributed by atoms with Gasteiger partial charge in [-0.1, -0.05) is 41.5 Å². The van der Waals surface area contributed by atoms with Crippen LogP contribution in [0, 0.1) is 5.92 Å². The number of nitrogens with zero attached hydrogens (tertiary/aromatic N) is 2. The maximum atomic E-state index is 4.95. The summed E-state index contributed by atoms with van der Waals surface area (Å²) in [5, 5.41) is 3.52. The molecule has 1 saturated heterocycles. The van der Waals surface area contributed by atoms with Crippen LogP contribution in [0.15, 0.2) is 12.1 Å². The molecule has 3 nitrogen and oxygen atoms in total. The van der Waals surface area contributed by atoms with E-state index in [0.29, 0.717) is 6.04 Å². The monoisotopic (exact) mass is 289 g/mol. The quantitative estimate of drug-likeness (QED) is 0.915. The molecule has 3 heteroatoms. The van der Waals surface area contributed by atoms with E-state index in [4.69, 9.17) is 4.98 Å². The average Bonchev–Trinajstić information content (AvgIpc) is 2.82. The zero-order chi connectivity index (χ0) is 15.6. The molecule has 0 aliphatic carbocycles. The first-order valence-corrected chi connectivity index (χ1v) is 8.25. The fraction of sp³-hybridized carbons (Fsp3) is 0.722. The second-order valence-electron chi connectivity index (χ2n) is 7.84. The van der Waals surface area contributed by atoms with Crippen molar-refractivity contribution in [2.45, 2.75) is 66.0 Å². The molecule has 1 aliphatic heterocycles. The molecule has 1 aromatic heterocycles. The molecule has 1 atom stereocenters. The molecule has 1 unspecified atom stereocenters. The van der Waals surface area contributed by atoms with Crippen molar-refractivity contribution in [3.63, 3.8) is 0 Å². The number of anilines is 1. The molecule has 1 aliphatic rings. The molecule has 2 heterocycles. The Morgan fingerprint density at radius 1 is 1.33 bits per heavy atom. The molecule has 1 N–H and O–H groups in total. The average molecular weight is 289 g/mol. The van der Waals surface area contributed by atoms with Crippen molar-refractivity contribution in [2.24, 2.45) is 5.92 Å². The Morgan fingerprint density at radius 2 is 2.05 bits per heavy atom. The van der Waals surface area contributed by atoms with Crippen molar-refractivity contribution < 1.29 is 0 Å². The lowest BCUT2D eigenvalue weighted by Crippen LogP contribution is -2.25. The minimum atomic E-state index is 0.0912. The molecule has 0 amide bonds. The first-order valence-electron chi connectivity index (χ1n) is 8.25. The molecule has 1 fully saturated rings. The highest BCUT2D eigenvalue weighted by Crippen LogP contribution is 2.27. The molecule has 1 aromatic rings. The summed E-state index contributed by atoms with van der Waals surface area (Å²) in [5.41, 5.74) is 2.63. The third kappa shape index (κ3) is 4.44. The molecule has 118 valence electrons. The Hall–Kier alpha value is -1.09. The van der Waals surface area contributed by atoms with Gasteiger partial charge in [0.15, 0.2) is 0 Å². The van der Waals surface area contributed by atoms with E-state index >= 15 is 0 Å². The van der Waals surface area contributed by atoms with Gasteiger partial charge in [-0.15, -0.1) is 0 Å². The molecule has 0 bridgehead atoms. The SMILES string of the molecule is CC1CCN(c2cc(CNC(C)C)cc(C(C)(C)C)n2)C1. The summed E-state index contributed by atoms with van der Waals surface area (Å²) in [5.74, 6) is 1.94. The second-order valence-corrected chi connectivity index (χ2v) is 7.84. The predicted molar refractivity (Wildman–Crippen MR) is 90.9 cm³/mol. The molecule has 0 aromatic carbocycles. The van der Waals surface area contributed by atoms with Gasteiger partial charge in [-0.25, -0.2) is 4.98 Å². The van der Waals surface area contributed by atoms with Crippen LogP contribution in [0.1, 0.15) is 59.2 Å². The Labute approximate surface area is 130 Å². The molecule has 0 radical (unpaired) electrons. The van der Waals surface area contributed by atoms with E-state index in [2.05, 4.69) is 63.9 Å². The smallest absolute Gasteiger partial charge is 0.129 e. The Balaban J connectivity index is 2.28. The third-order valence-electron chi connectivity index (χ3n) is 4.10. The summed E-state index contributed by atoms with van der Waals surface area (Å²) < 4.78 is 0. The zero-order valence-electron chi connectivity index (χ0n) is 14.5. The van der Waals surface area contributed by atoms with Gasteiger partial charge in [0.25, 0.3) is 0 Å². The minimum absolute atomic E-state index is 0.0912. The number of aromatic nitrogens is 1. The lowest BCUT2D eigenvalue weighted by Gasteiger charge is -2.24. The molecule has 21 heavy (non-hydrogen) atoms. The van der Waals surface area contributed by atoms with Gasteiger partial charge in [0.1, 0.15) is 5.82 Å². The normalized spacial score (nSPS) is 19.6. The standard InChI is InChI=1S/C18H31N3/c1-13(2)19-11-15-9-16(18(4,5)6)20-17(10-15)21-8-7-14(3)12-21/h9-10,13-14,19H,7-8,11-12H2,1-6H3.